The Labute approximate surface area is 89.4 Å². The molecule has 1 fully saturated rings. The molecule has 1 unspecified atom stereocenters. The van der Waals surface area contributed by atoms with E-state index in [1.165, 1.54) is 0 Å². The van der Waals surface area contributed by atoms with Crippen LogP contribution < -0.4 is 0 Å². The van der Waals surface area contributed by atoms with E-state index in [0.29, 0.717) is 5.92 Å². The molecule has 0 amide bonds. The molecule has 1 aliphatic heterocycles. The van der Waals surface area contributed by atoms with Crippen LogP contribution in [-0.4, -0.2) is 31.5 Å². The quantitative estimate of drug-likeness (QED) is 0.660. The van der Waals surface area contributed by atoms with Crippen molar-refractivity contribution in [2.75, 3.05) is 19.6 Å². The molecule has 88 valence electrons. The molecule has 0 bridgehead atoms. The summed E-state index contributed by atoms with van der Waals surface area (Å²) in [5.41, 5.74) is -0.565. The van der Waals surface area contributed by atoms with Crippen molar-refractivity contribution in [3.05, 3.63) is 12.1 Å². The molecule has 1 saturated heterocycles. The molecule has 15 heavy (non-hydrogen) atoms. The van der Waals surface area contributed by atoms with E-state index in [1.54, 1.807) is 0 Å². The van der Waals surface area contributed by atoms with Crippen LogP contribution in [0.3, 0.4) is 0 Å². The van der Waals surface area contributed by atoms with E-state index in [9.17, 15) is 12.9 Å². The average Bonchev–Trinajstić information content (AvgIpc) is 2.29. The fourth-order valence-corrected chi connectivity index (χ4v) is 1.87. The number of nitrogens with zero attached hydrogens (tertiary/aromatic N) is 1. The maximum atomic E-state index is 12.3. The number of halogens is 3. The first-order valence-corrected chi connectivity index (χ1v) is 5.49. The first kappa shape index (κ1) is 12.6. The second-order valence-corrected chi connectivity index (χ2v) is 4.55. The molecule has 1 heterocycles. The van der Waals surface area contributed by atoms with E-state index >= 15 is 0 Å². The van der Waals surface area contributed by atoms with Crippen molar-refractivity contribution in [1.82, 2.24) is 4.90 Å². The van der Waals surface area contributed by atoms with Crippen LogP contribution in [0.15, 0.2) is 12.1 Å². The zero-order valence-electron chi connectivity index (χ0n) is 9.19. The highest BCUT2D eigenvalue weighted by molar-refractivity contribution is 6.66. The van der Waals surface area contributed by atoms with E-state index in [2.05, 4.69) is 13.5 Å². The van der Waals surface area contributed by atoms with E-state index in [0.717, 1.165) is 32.4 Å². The fraction of sp³-hybridized carbons (Fsp3) is 0.800. The molecule has 0 spiro atoms. The predicted molar refractivity (Wildman–Crippen MR) is 57.7 cm³/mol. The lowest BCUT2D eigenvalue weighted by atomic mass is 9.80. The highest BCUT2D eigenvalue weighted by Crippen LogP contribution is 2.22. The smallest absolute Gasteiger partial charge is 0.445 e. The van der Waals surface area contributed by atoms with Crippen molar-refractivity contribution in [2.45, 2.75) is 26.2 Å². The third-order valence-electron chi connectivity index (χ3n) is 3.00. The summed E-state index contributed by atoms with van der Waals surface area (Å²) in [5.74, 6) is 0.639. The van der Waals surface area contributed by atoms with Crippen LogP contribution in [0, 0.1) is 5.92 Å². The van der Waals surface area contributed by atoms with Crippen molar-refractivity contribution in [3.63, 3.8) is 0 Å². The average molecular weight is 220 g/mol. The third-order valence-corrected chi connectivity index (χ3v) is 3.00. The van der Waals surface area contributed by atoms with Crippen LogP contribution in [0.5, 0.6) is 0 Å². The highest BCUT2D eigenvalue weighted by Gasteiger charge is 2.28. The number of hydrogen-bond donors (Lipinski definition) is 0. The maximum absolute atomic E-state index is 12.3. The number of rotatable bonds is 3. The van der Waals surface area contributed by atoms with Crippen LogP contribution in [0.25, 0.3) is 0 Å². The predicted octanol–water partition coefficient (Wildman–Crippen LogP) is 3.05. The van der Waals surface area contributed by atoms with Crippen LogP contribution in [-0.2, 0) is 0 Å². The Kier molecular flexibility index (Phi) is 4.26. The summed E-state index contributed by atoms with van der Waals surface area (Å²) in [5, 5.41) is 0. The summed E-state index contributed by atoms with van der Waals surface area (Å²) in [7, 11) is 0. The normalized spacial score (nSPS) is 24.9. The van der Waals surface area contributed by atoms with Crippen LogP contribution in [0.1, 0.15) is 26.2 Å². The lowest BCUT2D eigenvalue weighted by Gasteiger charge is -2.26. The molecule has 1 aliphatic rings. The Morgan fingerprint density at radius 1 is 1.33 bits per heavy atom. The fourth-order valence-electron chi connectivity index (χ4n) is 1.87. The first-order valence-electron chi connectivity index (χ1n) is 5.49. The largest absolute Gasteiger partial charge is 0.506 e. The zero-order valence-corrected chi connectivity index (χ0v) is 9.19. The van der Waals surface area contributed by atoms with Gasteiger partial charge in [-0.25, -0.2) is 0 Å². The van der Waals surface area contributed by atoms with E-state index in [-0.39, 0.29) is 6.54 Å². The second-order valence-electron chi connectivity index (χ2n) is 4.55. The van der Waals surface area contributed by atoms with E-state index in [1.807, 2.05) is 4.90 Å². The van der Waals surface area contributed by atoms with Crippen molar-refractivity contribution < 1.29 is 12.9 Å². The van der Waals surface area contributed by atoms with Gasteiger partial charge in [-0.2, -0.15) is 0 Å². The minimum Gasteiger partial charge on any atom is -0.445 e. The van der Waals surface area contributed by atoms with Gasteiger partial charge in [0.05, 0.1) is 0 Å². The lowest BCUT2D eigenvalue weighted by Crippen LogP contribution is -2.33. The van der Waals surface area contributed by atoms with Crippen LogP contribution in [0.4, 0.5) is 12.9 Å². The van der Waals surface area contributed by atoms with Gasteiger partial charge in [0.25, 0.3) is 0 Å². The van der Waals surface area contributed by atoms with Gasteiger partial charge in [-0.3, -0.25) is 0 Å². The molecule has 0 aliphatic carbocycles. The van der Waals surface area contributed by atoms with Crippen LogP contribution >= 0.6 is 0 Å². The topological polar surface area (TPSA) is 3.24 Å². The zero-order chi connectivity index (χ0) is 11.5. The summed E-state index contributed by atoms with van der Waals surface area (Å²) in [6, 6.07) is 0. The van der Waals surface area contributed by atoms with Gasteiger partial charge in [0, 0.05) is 0 Å². The summed E-state index contributed by atoms with van der Waals surface area (Å²) >= 11 is 0. The van der Waals surface area contributed by atoms with E-state index in [4.69, 9.17) is 0 Å². The molecule has 0 N–H and O–H groups in total. The van der Waals surface area contributed by atoms with Gasteiger partial charge in [-0.1, -0.05) is 6.92 Å². The van der Waals surface area contributed by atoms with Gasteiger partial charge >= 0.3 is 6.98 Å². The van der Waals surface area contributed by atoms with E-state index < -0.39 is 12.4 Å². The van der Waals surface area contributed by atoms with Gasteiger partial charge in [0.1, 0.15) is 0 Å². The summed E-state index contributed by atoms with van der Waals surface area (Å²) in [4.78, 5) is 1.88. The molecule has 0 aromatic carbocycles. The van der Waals surface area contributed by atoms with Gasteiger partial charge in [0.15, 0.2) is 0 Å². The van der Waals surface area contributed by atoms with Gasteiger partial charge < -0.3 is 17.8 Å². The molecule has 1 atom stereocenters. The molecule has 1 rings (SSSR count). The van der Waals surface area contributed by atoms with Crippen molar-refractivity contribution in [2.24, 2.45) is 5.92 Å². The monoisotopic (exact) mass is 220 g/mol. The van der Waals surface area contributed by atoms with Gasteiger partial charge in [-0.15, -0.1) is 12.1 Å². The minimum absolute atomic E-state index is 0.00375. The molecular formula is C10H18BF3N-. The highest BCUT2D eigenvalue weighted by atomic mass is 19.4. The van der Waals surface area contributed by atoms with Crippen LogP contribution in [0.2, 0.25) is 0 Å². The second kappa shape index (κ2) is 5.06. The maximum Gasteiger partial charge on any atom is 0.506 e. The Balaban J connectivity index is 2.41. The molecule has 5 heteroatoms. The summed E-state index contributed by atoms with van der Waals surface area (Å²) < 4.78 is 37.0. The number of likely N-dealkylation sites (tertiary alicyclic amines) is 1. The van der Waals surface area contributed by atoms with Gasteiger partial charge in [-0.05, 0) is 44.8 Å². The number of hydrogen-bond acceptors (Lipinski definition) is 1. The standard InChI is InChI=1S/C10H18BF3N/c1-9-4-3-6-15(7-5-9)8-10(2)11(12,13)14/h9H,2-8H2,1H3/q-1. The Bertz CT molecular complexity index is 227. The Hall–Kier alpha value is -0.445. The third kappa shape index (κ3) is 4.28. The Morgan fingerprint density at radius 3 is 2.60 bits per heavy atom. The molecule has 1 nitrogen and oxygen atoms in total. The molecular weight excluding hydrogens is 202 g/mol. The van der Waals surface area contributed by atoms with Crippen molar-refractivity contribution in [1.29, 1.82) is 0 Å². The molecule has 0 aromatic heterocycles. The van der Waals surface area contributed by atoms with Crippen molar-refractivity contribution in [3.8, 4) is 0 Å². The minimum atomic E-state index is -4.86. The summed E-state index contributed by atoms with van der Waals surface area (Å²) in [6.07, 6.45) is 3.12. The SMILES string of the molecule is C=C(CN1CCCC(C)CC1)[B-](F)(F)F. The first-order chi connectivity index (χ1) is 6.89. The Morgan fingerprint density at radius 2 is 2.00 bits per heavy atom. The lowest BCUT2D eigenvalue weighted by molar-refractivity contribution is 0.303. The molecule has 0 radical (unpaired) electrons. The summed E-state index contributed by atoms with van der Waals surface area (Å²) in [6.45, 7) is 1.97. The molecule has 0 saturated carbocycles. The van der Waals surface area contributed by atoms with Crippen molar-refractivity contribution >= 4 is 6.98 Å². The molecule has 0 aromatic rings. The van der Waals surface area contributed by atoms with Gasteiger partial charge in [0.2, 0.25) is 0 Å².